The third-order valence-electron chi connectivity index (χ3n) is 6.96. The van der Waals surface area contributed by atoms with Crippen molar-refractivity contribution < 1.29 is 19.1 Å². The molecule has 0 bridgehead atoms. The minimum atomic E-state index is -0.341. The number of benzene rings is 3. The molecule has 3 amide bonds. The van der Waals surface area contributed by atoms with Gasteiger partial charge in [-0.1, -0.05) is 42.5 Å². The summed E-state index contributed by atoms with van der Waals surface area (Å²) in [6, 6.07) is 28.4. The van der Waals surface area contributed by atoms with Crippen molar-refractivity contribution in [2.24, 2.45) is 0 Å². The van der Waals surface area contributed by atoms with E-state index in [1.807, 2.05) is 109 Å². The van der Waals surface area contributed by atoms with Crippen molar-refractivity contribution in [1.29, 1.82) is 0 Å². The number of para-hydroxylation sites is 1. The van der Waals surface area contributed by atoms with Crippen LogP contribution in [0.2, 0.25) is 0 Å². The number of hydrogen-bond donors (Lipinski definition) is 1. The van der Waals surface area contributed by atoms with Crippen molar-refractivity contribution in [1.82, 2.24) is 14.4 Å². The van der Waals surface area contributed by atoms with E-state index in [1.54, 1.807) is 7.11 Å². The van der Waals surface area contributed by atoms with Gasteiger partial charge in [0.1, 0.15) is 18.0 Å². The normalized spacial score (nSPS) is 14.3. The number of hydrogen-bond acceptors (Lipinski definition) is 4. The number of methoxy groups -OCH3 is 1. The van der Waals surface area contributed by atoms with Crippen molar-refractivity contribution in [2.75, 3.05) is 38.7 Å². The first-order valence-electron chi connectivity index (χ1n) is 13.4. The summed E-state index contributed by atoms with van der Waals surface area (Å²) in [5, 5.41) is 2.93. The second-order valence-electron chi connectivity index (χ2n) is 9.82. The maximum atomic E-state index is 13.9. The third-order valence-corrected chi connectivity index (χ3v) is 6.96. The predicted octanol–water partition coefficient (Wildman–Crippen LogP) is 5.70. The minimum Gasteiger partial charge on any atom is -0.457 e. The average Bonchev–Trinajstić information content (AvgIpc) is 3.44. The van der Waals surface area contributed by atoms with Crippen LogP contribution in [-0.2, 0) is 16.1 Å². The molecule has 8 nitrogen and oxygen atoms in total. The summed E-state index contributed by atoms with van der Waals surface area (Å²) >= 11 is 0. The predicted molar refractivity (Wildman–Crippen MR) is 155 cm³/mol. The zero-order valence-corrected chi connectivity index (χ0v) is 22.8. The van der Waals surface area contributed by atoms with Crippen LogP contribution >= 0.6 is 0 Å². The number of rotatable bonds is 9. The fourth-order valence-corrected chi connectivity index (χ4v) is 5.01. The molecule has 1 aliphatic rings. The van der Waals surface area contributed by atoms with Gasteiger partial charge in [0.05, 0.1) is 12.6 Å². The quantitative estimate of drug-likeness (QED) is 0.297. The highest BCUT2D eigenvalue weighted by atomic mass is 16.5. The topological polar surface area (TPSA) is 76.0 Å². The molecule has 40 heavy (non-hydrogen) atoms. The Bertz CT molecular complexity index is 1450. The van der Waals surface area contributed by atoms with E-state index in [0.717, 1.165) is 22.6 Å². The maximum Gasteiger partial charge on any atom is 0.322 e. The van der Waals surface area contributed by atoms with Crippen molar-refractivity contribution >= 4 is 17.6 Å². The monoisotopic (exact) mass is 538 g/mol. The molecule has 0 fully saturated rings. The Kier molecular flexibility index (Phi) is 8.47. The molecule has 0 saturated heterocycles. The van der Waals surface area contributed by atoms with E-state index in [-0.39, 0.29) is 31.1 Å². The van der Waals surface area contributed by atoms with Gasteiger partial charge >= 0.3 is 6.03 Å². The van der Waals surface area contributed by atoms with E-state index in [4.69, 9.17) is 9.47 Å². The number of anilines is 1. The summed E-state index contributed by atoms with van der Waals surface area (Å²) in [6.07, 6.45) is 2.04. The molecule has 8 heteroatoms. The number of amides is 3. The maximum absolute atomic E-state index is 13.9. The van der Waals surface area contributed by atoms with E-state index >= 15 is 0 Å². The van der Waals surface area contributed by atoms with Crippen LogP contribution in [0.4, 0.5) is 10.5 Å². The van der Waals surface area contributed by atoms with E-state index in [9.17, 15) is 9.59 Å². The van der Waals surface area contributed by atoms with Crippen LogP contribution in [-0.4, -0.2) is 59.7 Å². The second kappa shape index (κ2) is 12.5. The van der Waals surface area contributed by atoms with Gasteiger partial charge in [-0.2, -0.15) is 0 Å². The first-order chi connectivity index (χ1) is 19.5. The van der Waals surface area contributed by atoms with E-state index in [0.29, 0.717) is 31.1 Å². The lowest BCUT2D eigenvalue weighted by Crippen LogP contribution is -2.49. The number of nitrogens with zero attached hydrogens (tertiary/aromatic N) is 3. The van der Waals surface area contributed by atoms with Gasteiger partial charge in [0.15, 0.2) is 0 Å². The Morgan fingerprint density at radius 3 is 2.52 bits per heavy atom. The molecule has 1 N–H and O–H groups in total. The van der Waals surface area contributed by atoms with Crippen LogP contribution in [0.3, 0.4) is 0 Å². The number of fused-ring (bicyclic) bond motifs is 1. The Balaban J connectivity index is 1.39. The van der Waals surface area contributed by atoms with Gasteiger partial charge < -0.3 is 29.2 Å². The first kappa shape index (κ1) is 27.0. The molecule has 206 valence electrons. The molecule has 0 radical (unpaired) electrons. The number of carbonyl (C=O) groups excluding carboxylic acids is 2. The van der Waals surface area contributed by atoms with Crippen LogP contribution in [0.1, 0.15) is 22.9 Å². The molecular weight excluding hydrogens is 504 g/mol. The van der Waals surface area contributed by atoms with Gasteiger partial charge in [-0.15, -0.1) is 0 Å². The number of nitrogens with one attached hydrogen (secondary N) is 1. The van der Waals surface area contributed by atoms with Crippen LogP contribution < -0.4 is 10.1 Å². The van der Waals surface area contributed by atoms with Gasteiger partial charge in [0, 0.05) is 44.3 Å². The Morgan fingerprint density at radius 2 is 1.73 bits per heavy atom. The number of aromatic nitrogens is 1. The molecule has 1 aliphatic heterocycles. The Morgan fingerprint density at radius 1 is 0.925 bits per heavy atom. The molecule has 1 unspecified atom stereocenters. The summed E-state index contributed by atoms with van der Waals surface area (Å²) in [5.41, 5.74) is 3.68. The largest absolute Gasteiger partial charge is 0.457 e. The molecular formula is C32H34N4O4. The van der Waals surface area contributed by atoms with Gasteiger partial charge in [-0.3, -0.25) is 4.79 Å². The Hall–Kier alpha value is -4.56. The lowest BCUT2D eigenvalue weighted by atomic mass is 9.99. The first-order valence-corrected chi connectivity index (χ1v) is 13.4. The number of ether oxygens (including phenoxy) is 2. The number of urea groups is 1. The second-order valence-corrected chi connectivity index (χ2v) is 9.82. The van der Waals surface area contributed by atoms with Crippen LogP contribution in [0.15, 0.2) is 97.2 Å². The summed E-state index contributed by atoms with van der Waals surface area (Å²) in [7, 11) is 1.58. The number of aryl methyl sites for hydroxylation is 1. The van der Waals surface area contributed by atoms with Gasteiger partial charge in [0.25, 0.3) is 0 Å². The van der Waals surface area contributed by atoms with Crippen molar-refractivity contribution in [3.8, 4) is 11.5 Å². The number of carbonyl (C=O) groups is 2. The van der Waals surface area contributed by atoms with Gasteiger partial charge in [-0.05, 0) is 66.6 Å². The molecule has 1 aromatic heterocycles. The van der Waals surface area contributed by atoms with Gasteiger partial charge in [0.2, 0.25) is 5.91 Å². The molecule has 0 aliphatic carbocycles. The zero-order valence-electron chi connectivity index (χ0n) is 22.8. The van der Waals surface area contributed by atoms with Crippen LogP contribution in [0, 0.1) is 6.92 Å². The van der Waals surface area contributed by atoms with Crippen LogP contribution in [0.25, 0.3) is 0 Å². The summed E-state index contributed by atoms with van der Waals surface area (Å²) in [5.74, 6) is 1.30. The fourth-order valence-electron chi connectivity index (χ4n) is 5.01. The smallest absolute Gasteiger partial charge is 0.322 e. The zero-order chi connectivity index (χ0) is 27.9. The molecule has 0 spiro atoms. The molecule has 2 heterocycles. The lowest BCUT2D eigenvalue weighted by molar-refractivity contribution is -0.134. The summed E-state index contributed by atoms with van der Waals surface area (Å²) in [4.78, 5) is 30.5. The average molecular weight is 539 g/mol. The van der Waals surface area contributed by atoms with E-state index in [1.165, 1.54) is 4.90 Å². The van der Waals surface area contributed by atoms with Crippen molar-refractivity contribution in [2.45, 2.75) is 19.5 Å². The lowest BCUT2D eigenvalue weighted by Gasteiger charge is -2.38. The minimum absolute atomic E-state index is 0.0710. The highest BCUT2D eigenvalue weighted by Gasteiger charge is 2.33. The highest BCUT2D eigenvalue weighted by molar-refractivity contribution is 5.92. The van der Waals surface area contributed by atoms with E-state index < -0.39 is 0 Å². The third kappa shape index (κ3) is 6.35. The molecule has 3 aromatic carbocycles. The standard InChI is InChI=1S/C32H34N4O4/c1-24-9-6-11-26(21-24)33-32(38)35(19-20-39-2)23-30(37)36-18-17-34-16-8-15-29(34)31(36)25-10-7-14-28(22-25)40-27-12-4-3-5-13-27/h3-16,21-22,31H,17-20,23H2,1-2H3,(H,33,38). The molecule has 1 atom stereocenters. The van der Waals surface area contributed by atoms with Crippen molar-refractivity contribution in [3.05, 3.63) is 114 Å². The Labute approximate surface area is 234 Å². The highest BCUT2D eigenvalue weighted by Crippen LogP contribution is 2.35. The van der Waals surface area contributed by atoms with E-state index in [2.05, 4.69) is 9.88 Å². The molecule has 0 saturated carbocycles. The van der Waals surface area contributed by atoms with Crippen molar-refractivity contribution in [3.63, 3.8) is 0 Å². The molecule has 5 rings (SSSR count). The summed E-state index contributed by atoms with van der Waals surface area (Å²) < 4.78 is 13.5. The SMILES string of the molecule is COCCN(CC(=O)N1CCn2cccc2C1c1cccc(Oc2ccccc2)c1)C(=O)Nc1cccc(C)c1. The summed E-state index contributed by atoms with van der Waals surface area (Å²) in [6.45, 7) is 3.70. The molecule has 4 aromatic rings. The fraction of sp³-hybridized carbons (Fsp3) is 0.250. The van der Waals surface area contributed by atoms with Gasteiger partial charge in [-0.25, -0.2) is 4.79 Å². The van der Waals surface area contributed by atoms with Crippen LogP contribution in [0.5, 0.6) is 11.5 Å².